The third-order valence-corrected chi connectivity index (χ3v) is 4.80. The zero-order valence-electron chi connectivity index (χ0n) is 15.7. The Bertz CT molecular complexity index is 965. The minimum Gasteiger partial charge on any atom is -0.508 e. The highest BCUT2D eigenvalue weighted by molar-refractivity contribution is 5.93. The number of nitrogens with zero attached hydrogens (tertiary/aromatic N) is 2. The minimum absolute atomic E-state index is 0.00398. The molecule has 2 heterocycles. The number of nitriles is 1. The van der Waals surface area contributed by atoms with Crippen LogP contribution < -0.4 is 5.32 Å². The lowest BCUT2D eigenvalue weighted by molar-refractivity contribution is -0.117. The Balaban J connectivity index is 1.67. The average Bonchev–Trinajstić information content (AvgIpc) is 2.71. The second-order valence-electron chi connectivity index (χ2n) is 6.97. The van der Waals surface area contributed by atoms with Crippen molar-refractivity contribution in [1.29, 1.82) is 5.26 Å². The Labute approximate surface area is 167 Å². The van der Waals surface area contributed by atoms with Gasteiger partial charge in [-0.05, 0) is 35.9 Å². The van der Waals surface area contributed by atoms with E-state index in [1.807, 2.05) is 0 Å². The first-order valence-corrected chi connectivity index (χ1v) is 9.16. The Morgan fingerprint density at radius 1 is 1.24 bits per heavy atom. The molecule has 8 heteroatoms. The van der Waals surface area contributed by atoms with Crippen LogP contribution in [0.25, 0.3) is 0 Å². The van der Waals surface area contributed by atoms with E-state index in [2.05, 4.69) is 16.4 Å². The minimum atomic E-state index is -0.988. The summed E-state index contributed by atoms with van der Waals surface area (Å²) in [7, 11) is 0. The SMILES string of the molecule is N#CC1(NC(=O)c2cc(CC(=O)Cc3cc(F)ccc3O)ccn2)CCOCC1. The van der Waals surface area contributed by atoms with Crippen molar-refractivity contribution < 1.29 is 23.8 Å². The number of carbonyl (C=O) groups excluding carboxylic acids is 2. The molecule has 1 aromatic heterocycles. The van der Waals surface area contributed by atoms with Gasteiger partial charge >= 0.3 is 0 Å². The first kappa shape index (κ1) is 20.4. The quantitative estimate of drug-likeness (QED) is 0.772. The molecule has 0 unspecified atom stereocenters. The number of hydrogen-bond acceptors (Lipinski definition) is 6. The van der Waals surface area contributed by atoms with Crippen LogP contribution in [-0.2, 0) is 22.4 Å². The zero-order valence-corrected chi connectivity index (χ0v) is 15.7. The van der Waals surface area contributed by atoms with Crippen LogP contribution >= 0.6 is 0 Å². The fourth-order valence-corrected chi connectivity index (χ4v) is 3.17. The number of hydrogen-bond donors (Lipinski definition) is 2. The molecule has 29 heavy (non-hydrogen) atoms. The smallest absolute Gasteiger partial charge is 0.271 e. The topological polar surface area (TPSA) is 112 Å². The monoisotopic (exact) mass is 397 g/mol. The summed E-state index contributed by atoms with van der Waals surface area (Å²) < 4.78 is 18.6. The number of benzene rings is 1. The van der Waals surface area contributed by atoms with Gasteiger partial charge in [0, 0.05) is 50.7 Å². The fraction of sp³-hybridized carbons (Fsp3) is 0.333. The summed E-state index contributed by atoms with van der Waals surface area (Å²) in [6.07, 6.45) is 2.07. The second-order valence-corrected chi connectivity index (χ2v) is 6.97. The molecule has 2 aromatic rings. The van der Waals surface area contributed by atoms with E-state index in [1.165, 1.54) is 18.3 Å². The molecule has 1 fully saturated rings. The van der Waals surface area contributed by atoms with Crippen LogP contribution in [0.3, 0.4) is 0 Å². The summed E-state index contributed by atoms with van der Waals surface area (Å²) in [5, 5.41) is 21.9. The van der Waals surface area contributed by atoms with Crippen molar-refractivity contribution in [2.24, 2.45) is 0 Å². The lowest BCUT2D eigenvalue weighted by Gasteiger charge is -2.31. The standard InChI is InChI=1S/C21H20FN3O4/c22-16-1-2-19(27)15(11-16)12-17(26)9-14-3-6-24-18(10-14)20(28)25-21(13-23)4-7-29-8-5-21/h1-3,6,10-11,27H,4-5,7-9,12H2,(H,25,28). The molecule has 0 spiro atoms. The summed E-state index contributed by atoms with van der Waals surface area (Å²) in [6, 6.07) is 8.68. The molecule has 0 atom stereocenters. The van der Waals surface area contributed by atoms with Crippen LogP contribution in [0.15, 0.2) is 36.5 Å². The third kappa shape index (κ3) is 5.15. The van der Waals surface area contributed by atoms with Gasteiger partial charge in [0.2, 0.25) is 0 Å². The van der Waals surface area contributed by atoms with Crippen molar-refractivity contribution in [3.05, 3.63) is 59.2 Å². The van der Waals surface area contributed by atoms with Crippen molar-refractivity contribution >= 4 is 11.7 Å². The van der Waals surface area contributed by atoms with Crippen molar-refractivity contribution in [3.8, 4) is 11.8 Å². The van der Waals surface area contributed by atoms with Crippen molar-refractivity contribution in [1.82, 2.24) is 10.3 Å². The van der Waals surface area contributed by atoms with E-state index in [0.29, 0.717) is 31.6 Å². The highest BCUT2D eigenvalue weighted by Gasteiger charge is 2.34. The van der Waals surface area contributed by atoms with Crippen LogP contribution in [0.5, 0.6) is 5.75 Å². The first-order valence-electron chi connectivity index (χ1n) is 9.16. The van der Waals surface area contributed by atoms with Crippen molar-refractivity contribution in [3.63, 3.8) is 0 Å². The molecule has 150 valence electrons. The molecule has 1 aliphatic heterocycles. The number of Topliss-reactive ketones (excluding diaryl/α,β-unsaturated/α-hetero) is 1. The molecule has 1 aromatic carbocycles. The number of phenols is 1. The third-order valence-electron chi connectivity index (χ3n) is 4.80. The van der Waals surface area contributed by atoms with E-state index in [0.717, 1.165) is 12.1 Å². The predicted octanol–water partition coefficient (Wildman–Crippen LogP) is 2.08. The number of nitrogens with one attached hydrogen (secondary N) is 1. The second kappa shape index (κ2) is 8.80. The number of ketones is 1. The van der Waals surface area contributed by atoms with Gasteiger partial charge in [0.25, 0.3) is 5.91 Å². The number of amides is 1. The summed E-state index contributed by atoms with van der Waals surface area (Å²) in [5.74, 6) is -1.42. The molecule has 0 aliphatic carbocycles. The molecular weight excluding hydrogens is 377 g/mol. The van der Waals surface area contributed by atoms with Crippen molar-refractivity contribution in [2.45, 2.75) is 31.2 Å². The summed E-state index contributed by atoms with van der Waals surface area (Å²) in [4.78, 5) is 28.9. The van der Waals surface area contributed by atoms with Gasteiger partial charge < -0.3 is 15.2 Å². The maximum absolute atomic E-state index is 13.3. The lowest BCUT2D eigenvalue weighted by Crippen LogP contribution is -2.51. The summed E-state index contributed by atoms with van der Waals surface area (Å²) in [5.41, 5.74) is -0.121. The number of ether oxygens (including phenoxy) is 1. The number of pyridine rings is 1. The Hall–Kier alpha value is -3.31. The summed E-state index contributed by atoms with van der Waals surface area (Å²) in [6.45, 7) is 0.783. The van der Waals surface area contributed by atoms with Gasteiger partial charge in [-0.1, -0.05) is 0 Å². The molecule has 2 N–H and O–H groups in total. The molecule has 1 aliphatic rings. The molecular formula is C21H20FN3O4. The van der Waals surface area contributed by atoms with Gasteiger partial charge in [-0.2, -0.15) is 5.26 Å². The normalized spacial score (nSPS) is 15.3. The van der Waals surface area contributed by atoms with E-state index >= 15 is 0 Å². The molecule has 0 radical (unpaired) electrons. The van der Waals surface area contributed by atoms with Gasteiger partial charge in [-0.3, -0.25) is 14.6 Å². The molecule has 7 nitrogen and oxygen atoms in total. The zero-order chi connectivity index (χ0) is 20.9. The maximum Gasteiger partial charge on any atom is 0.271 e. The number of aromatic hydroxyl groups is 1. The fourth-order valence-electron chi connectivity index (χ4n) is 3.17. The van der Waals surface area contributed by atoms with Gasteiger partial charge in [-0.15, -0.1) is 0 Å². The highest BCUT2D eigenvalue weighted by Crippen LogP contribution is 2.21. The van der Waals surface area contributed by atoms with E-state index < -0.39 is 17.3 Å². The molecule has 1 amide bonds. The van der Waals surface area contributed by atoms with Gasteiger partial charge in [0.1, 0.15) is 28.6 Å². The Morgan fingerprint density at radius 3 is 2.72 bits per heavy atom. The number of aromatic nitrogens is 1. The molecule has 0 bridgehead atoms. The van der Waals surface area contributed by atoms with Crippen molar-refractivity contribution in [2.75, 3.05) is 13.2 Å². The summed E-state index contributed by atoms with van der Waals surface area (Å²) >= 11 is 0. The Morgan fingerprint density at radius 2 is 2.00 bits per heavy atom. The average molecular weight is 397 g/mol. The first-order chi connectivity index (χ1) is 13.9. The highest BCUT2D eigenvalue weighted by atomic mass is 19.1. The number of halogens is 1. The number of rotatable bonds is 6. The number of carbonyl (C=O) groups is 2. The van der Waals surface area contributed by atoms with E-state index in [-0.39, 0.29) is 35.6 Å². The van der Waals surface area contributed by atoms with E-state index in [9.17, 15) is 24.3 Å². The Kier molecular flexibility index (Phi) is 6.20. The van der Waals surface area contributed by atoms with Gasteiger partial charge in [-0.25, -0.2) is 4.39 Å². The lowest BCUT2D eigenvalue weighted by atomic mass is 9.91. The van der Waals surface area contributed by atoms with Gasteiger partial charge in [0.05, 0.1) is 6.07 Å². The predicted molar refractivity (Wildman–Crippen MR) is 101 cm³/mol. The maximum atomic E-state index is 13.3. The van der Waals surface area contributed by atoms with E-state index in [4.69, 9.17) is 4.74 Å². The van der Waals surface area contributed by atoms with Crippen LogP contribution in [0, 0.1) is 17.1 Å². The van der Waals surface area contributed by atoms with E-state index in [1.54, 1.807) is 6.07 Å². The van der Waals surface area contributed by atoms with Crippen LogP contribution in [0.2, 0.25) is 0 Å². The number of phenolic OH excluding ortho intramolecular Hbond substituents is 1. The molecule has 3 rings (SSSR count). The largest absolute Gasteiger partial charge is 0.508 e. The van der Waals surface area contributed by atoms with Crippen LogP contribution in [0.4, 0.5) is 4.39 Å². The van der Waals surface area contributed by atoms with Crippen LogP contribution in [0.1, 0.15) is 34.5 Å². The molecule has 0 saturated carbocycles. The molecule has 1 saturated heterocycles. The van der Waals surface area contributed by atoms with Gasteiger partial charge in [0.15, 0.2) is 0 Å². The van der Waals surface area contributed by atoms with Crippen LogP contribution in [-0.4, -0.2) is 40.5 Å².